The van der Waals surface area contributed by atoms with Crippen molar-refractivity contribution in [1.29, 1.82) is 0 Å². The van der Waals surface area contributed by atoms with Gasteiger partial charge in [0, 0.05) is 12.5 Å². The zero-order valence-electron chi connectivity index (χ0n) is 9.93. The number of tetrazole rings is 1. The average Bonchev–Trinajstić information content (AvgIpc) is 2.70. The summed E-state index contributed by atoms with van der Waals surface area (Å²) in [6.07, 6.45) is 5.22. The van der Waals surface area contributed by atoms with E-state index in [1.807, 2.05) is 7.05 Å². The van der Waals surface area contributed by atoms with E-state index in [9.17, 15) is 0 Å². The van der Waals surface area contributed by atoms with Crippen LogP contribution in [0.15, 0.2) is 0 Å². The fraction of sp³-hybridized carbons (Fsp3) is 0.909. The summed E-state index contributed by atoms with van der Waals surface area (Å²) in [6, 6.07) is 0.541. The largest absolute Gasteiger partial charge is 0.316 e. The maximum atomic E-state index is 4.26. The van der Waals surface area contributed by atoms with Crippen LogP contribution in [0.2, 0.25) is 0 Å². The van der Waals surface area contributed by atoms with Crippen LogP contribution in [0.4, 0.5) is 0 Å². The van der Waals surface area contributed by atoms with E-state index in [-0.39, 0.29) is 0 Å². The van der Waals surface area contributed by atoms with Crippen LogP contribution in [0.25, 0.3) is 0 Å². The molecule has 16 heavy (non-hydrogen) atoms. The van der Waals surface area contributed by atoms with Gasteiger partial charge in [-0.3, -0.25) is 0 Å². The van der Waals surface area contributed by atoms with Crippen LogP contribution in [0.5, 0.6) is 0 Å². The van der Waals surface area contributed by atoms with Gasteiger partial charge in [0.15, 0.2) is 5.82 Å². The highest BCUT2D eigenvalue weighted by Crippen LogP contribution is 2.59. The van der Waals surface area contributed by atoms with E-state index in [1.165, 1.54) is 24.1 Å². The van der Waals surface area contributed by atoms with Gasteiger partial charge in [-0.25, -0.2) is 0 Å². The van der Waals surface area contributed by atoms with E-state index >= 15 is 0 Å². The lowest BCUT2D eigenvalue weighted by Gasteiger charge is -2.16. The molecule has 0 spiro atoms. The molecule has 0 radical (unpaired) electrons. The zero-order chi connectivity index (χ0) is 11.1. The Kier molecular flexibility index (Phi) is 2.42. The fourth-order valence-corrected chi connectivity index (χ4v) is 3.51. The van der Waals surface area contributed by atoms with Gasteiger partial charge in [-0.05, 0) is 42.9 Å². The first kappa shape index (κ1) is 10.2. The minimum atomic E-state index is 0.541. The van der Waals surface area contributed by atoms with Gasteiger partial charge in [0.05, 0.1) is 7.05 Å². The lowest BCUT2D eigenvalue weighted by atomic mass is 10.0. The molecule has 0 aromatic carbocycles. The predicted octanol–water partition coefficient (Wildman–Crippen LogP) is 0.387. The lowest BCUT2D eigenvalue weighted by molar-refractivity contribution is 0.421. The first-order chi connectivity index (χ1) is 7.79. The molecule has 1 aromatic rings. The van der Waals surface area contributed by atoms with Gasteiger partial charge < -0.3 is 5.32 Å². The van der Waals surface area contributed by atoms with Crippen molar-refractivity contribution in [2.75, 3.05) is 7.05 Å². The summed E-state index contributed by atoms with van der Waals surface area (Å²) >= 11 is 0. The first-order valence-corrected chi connectivity index (χ1v) is 6.19. The van der Waals surface area contributed by atoms with Crippen LogP contribution >= 0.6 is 0 Å². The summed E-state index contributed by atoms with van der Waals surface area (Å²) in [7, 11) is 3.87. The predicted molar refractivity (Wildman–Crippen MR) is 59.7 cm³/mol. The van der Waals surface area contributed by atoms with E-state index in [1.54, 1.807) is 0 Å². The number of rotatable bonds is 4. The Morgan fingerprint density at radius 3 is 2.75 bits per heavy atom. The smallest absolute Gasteiger partial charge is 0.176 e. The minimum Gasteiger partial charge on any atom is -0.316 e. The van der Waals surface area contributed by atoms with Gasteiger partial charge in [0.2, 0.25) is 0 Å². The second kappa shape index (κ2) is 3.80. The summed E-state index contributed by atoms with van der Waals surface area (Å²) in [5, 5.41) is 15.6. The number of nitrogens with one attached hydrogen (secondary N) is 1. The molecule has 3 rings (SSSR count). The van der Waals surface area contributed by atoms with E-state index in [0.29, 0.717) is 6.04 Å². The molecule has 1 heterocycles. The Morgan fingerprint density at radius 1 is 1.44 bits per heavy atom. The van der Waals surface area contributed by atoms with E-state index in [4.69, 9.17) is 0 Å². The Hall–Kier alpha value is -0.970. The first-order valence-electron chi connectivity index (χ1n) is 6.19. The second-order valence-electron chi connectivity index (χ2n) is 5.13. The van der Waals surface area contributed by atoms with Gasteiger partial charge in [-0.15, -0.1) is 10.2 Å². The Balaban J connectivity index is 1.64. The maximum Gasteiger partial charge on any atom is 0.176 e. The third kappa shape index (κ3) is 1.63. The molecule has 3 unspecified atom stereocenters. The summed E-state index contributed by atoms with van der Waals surface area (Å²) in [5.41, 5.74) is 0. The second-order valence-corrected chi connectivity index (χ2v) is 5.13. The van der Waals surface area contributed by atoms with Crippen LogP contribution in [-0.2, 0) is 13.5 Å². The molecule has 5 heteroatoms. The van der Waals surface area contributed by atoms with Crippen LogP contribution in [0, 0.1) is 17.8 Å². The van der Waals surface area contributed by atoms with Crippen molar-refractivity contribution in [2.45, 2.75) is 31.7 Å². The van der Waals surface area contributed by atoms with Gasteiger partial charge in [0.25, 0.3) is 0 Å². The Bertz CT molecular complexity index is 364. The Labute approximate surface area is 95.6 Å². The van der Waals surface area contributed by atoms with Gasteiger partial charge in [-0.2, -0.15) is 4.80 Å². The SMILES string of the molecule is CNC(Cc1nnn(C)n1)C1C2CCCC21. The molecule has 3 atom stereocenters. The van der Waals surface area contributed by atoms with Gasteiger partial charge in [0.1, 0.15) is 0 Å². The van der Waals surface area contributed by atoms with E-state index in [0.717, 1.165) is 30.0 Å². The molecule has 0 amide bonds. The van der Waals surface area contributed by atoms with Crippen molar-refractivity contribution in [3.8, 4) is 0 Å². The number of aryl methyl sites for hydroxylation is 1. The number of nitrogens with zero attached hydrogens (tertiary/aromatic N) is 4. The van der Waals surface area contributed by atoms with Crippen LogP contribution in [-0.4, -0.2) is 33.3 Å². The van der Waals surface area contributed by atoms with Crippen LogP contribution in [0.3, 0.4) is 0 Å². The zero-order valence-corrected chi connectivity index (χ0v) is 9.93. The maximum absolute atomic E-state index is 4.26. The monoisotopic (exact) mass is 221 g/mol. The topological polar surface area (TPSA) is 55.6 Å². The molecule has 2 aliphatic carbocycles. The standard InChI is InChI=1S/C11H19N5/c1-12-9(6-10-13-15-16(2)14-10)11-7-4-3-5-8(7)11/h7-9,11-12H,3-6H2,1-2H3. The summed E-state index contributed by atoms with van der Waals surface area (Å²) in [6.45, 7) is 0. The molecule has 1 aromatic heterocycles. The molecule has 2 aliphatic rings. The highest BCUT2D eigenvalue weighted by atomic mass is 15.6. The normalized spacial score (nSPS) is 33.8. The molecule has 1 N–H and O–H groups in total. The third-order valence-electron chi connectivity index (χ3n) is 4.26. The van der Waals surface area contributed by atoms with Gasteiger partial charge in [-0.1, -0.05) is 6.42 Å². The third-order valence-corrected chi connectivity index (χ3v) is 4.26. The minimum absolute atomic E-state index is 0.541. The molecule has 88 valence electrons. The highest BCUT2D eigenvalue weighted by molar-refractivity contribution is 5.07. The molecule has 2 saturated carbocycles. The molecule has 5 nitrogen and oxygen atoms in total. The Morgan fingerprint density at radius 2 is 2.19 bits per heavy atom. The number of fused-ring (bicyclic) bond motifs is 1. The number of likely N-dealkylation sites (N-methyl/N-ethyl adjacent to an activating group) is 1. The summed E-state index contributed by atoms with van der Waals surface area (Å²) in [4.78, 5) is 1.54. The van der Waals surface area contributed by atoms with Crippen molar-refractivity contribution in [1.82, 2.24) is 25.5 Å². The molecule has 0 bridgehead atoms. The molecule has 0 saturated heterocycles. The number of hydrogen-bond acceptors (Lipinski definition) is 4. The lowest BCUT2D eigenvalue weighted by Crippen LogP contribution is -2.32. The fourth-order valence-electron chi connectivity index (χ4n) is 3.51. The van der Waals surface area contributed by atoms with Crippen molar-refractivity contribution in [3.63, 3.8) is 0 Å². The van der Waals surface area contributed by atoms with E-state index in [2.05, 4.69) is 27.8 Å². The summed E-state index contributed by atoms with van der Waals surface area (Å²) < 4.78 is 0. The van der Waals surface area contributed by atoms with Gasteiger partial charge >= 0.3 is 0 Å². The highest BCUT2D eigenvalue weighted by Gasteiger charge is 2.55. The number of aromatic nitrogens is 4. The average molecular weight is 221 g/mol. The number of hydrogen-bond donors (Lipinski definition) is 1. The van der Waals surface area contributed by atoms with Crippen molar-refractivity contribution >= 4 is 0 Å². The van der Waals surface area contributed by atoms with E-state index < -0.39 is 0 Å². The molecular weight excluding hydrogens is 202 g/mol. The van der Waals surface area contributed by atoms with Crippen molar-refractivity contribution in [3.05, 3.63) is 5.82 Å². The van der Waals surface area contributed by atoms with Crippen LogP contribution < -0.4 is 5.32 Å². The summed E-state index contributed by atoms with van der Waals surface area (Å²) in [5.74, 6) is 3.69. The molecule has 0 aliphatic heterocycles. The van der Waals surface area contributed by atoms with Crippen molar-refractivity contribution in [2.24, 2.45) is 24.8 Å². The molecule has 2 fully saturated rings. The quantitative estimate of drug-likeness (QED) is 0.799. The van der Waals surface area contributed by atoms with Crippen molar-refractivity contribution < 1.29 is 0 Å². The van der Waals surface area contributed by atoms with Crippen LogP contribution in [0.1, 0.15) is 25.1 Å². The molecular formula is C11H19N5.